The number of hydrogen-bond donors (Lipinski definition) is 2. The number of methoxy groups -OCH3 is 1. The number of nitrogens with one attached hydrogen (secondary N) is 1. The van der Waals surface area contributed by atoms with Crippen LogP contribution in [0.1, 0.15) is 19.4 Å². The van der Waals surface area contributed by atoms with Crippen molar-refractivity contribution in [1.82, 2.24) is 5.32 Å². The molecule has 0 unspecified atom stereocenters. The van der Waals surface area contributed by atoms with Crippen LogP contribution in [-0.4, -0.2) is 25.8 Å². The quantitative estimate of drug-likeness (QED) is 0.795. The Balaban J connectivity index is 3.01. The van der Waals surface area contributed by atoms with Gasteiger partial charge in [-0.05, 0) is 24.7 Å². The van der Waals surface area contributed by atoms with Gasteiger partial charge in [-0.3, -0.25) is 0 Å². The van der Waals surface area contributed by atoms with Crippen molar-refractivity contribution in [3.63, 3.8) is 0 Å². The molecule has 1 aromatic carbocycles. The Morgan fingerprint density at radius 1 is 1.40 bits per heavy atom. The predicted molar refractivity (Wildman–Crippen MR) is 61.6 cm³/mol. The summed E-state index contributed by atoms with van der Waals surface area (Å²) in [6, 6.07) is 5.54. The topological polar surface area (TPSA) is 41.5 Å². The van der Waals surface area contributed by atoms with E-state index in [9.17, 15) is 5.11 Å². The van der Waals surface area contributed by atoms with Crippen LogP contribution in [0.15, 0.2) is 18.2 Å². The predicted octanol–water partition coefficient (Wildman–Crippen LogP) is 1.90. The summed E-state index contributed by atoms with van der Waals surface area (Å²) < 4.78 is 5.01. The molecule has 0 radical (unpaired) electrons. The number of hydrogen-bond acceptors (Lipinski definition) is 3. The fourth-order valence-electron chi connectivity index (χ4n) is 1.65. The molecule has 0 aliphatic heterocycles. The number of phenols is 1. The van der Waals surface area contributed by atoms with Gasteiger partial charge in [0.1, 0.15) is 0 Å². The molecule has 84 valence electrons. The fraction of sp³-hybridized carbons (Fsp3) is 0.500. The molecule has 0 amide bonds. The molecule has 0 bridgehead atoms. The molecule has 0 aliphatic rings. The second kappa shape index (κ2) is 4.53. The molecule has 15 heavy (non-hydrogen) atoms. The van der Waals surface area contributed by atoms with Gasteiger partial charge in [0, 0.05) is 12.0 Å². The van der Waals surface area contributed by atoms with E-state index in [1.165, 1.54) is 0 Å². The monoisotopic (exact) mass is 209 g/mol. The first kappa shape index (κ1) is 11.9. The van der Waals surface area contributed by atoms with Crippen LogP contribution >= 0.6 is 0 Å². The lowest BCUT2D eigenvalue weighted by Gasteiger charge is -2.25. The molecule has 0 spiro atoms. The minimum absolute atomic E-state index is 0.00149. The minimum Gasteiger partial charge on any atom is -0.504 e. The summed E-state index contributed by atoms with van der Waals surface area (Å²) in [6.07, 6.45) is 0. The molecular weight excluding hydrogens is 190 g/mol. The first-order valence-corrected chi connectivity index (χ1v) is 5.03. The summed E-state index contributed by atoms with van der Waals surface area (Å²) in [6.45, 7) is 5.12. The number of aromatic hydroxyl groups is 1. The van der Waals surface area contributed by atoms with Crippen molar-refractivity contribution in [3.05, 3.63) is 23.8 Å². The van der Waals surface area contributed by atoms with Crippen molar-refractivity contribution in [3.8, 4) is 11.5 Å². The third kappa shape index (κ3) is 2.63. The lowest BCUT2D eigenvalue weighted by atomic mass is 9.84. The standard InChI is InChI=1S/C12H19NO2/c1-12(2,8-13-3)9-5-6-11(15-4)10(14)7-9/h5-7,13-14H,8H2,1-4H3. The van der Waals surface area contributed by atoms with Gasteiger partial charge in [-0.15, -0.1) is 0 Å². The summed E-state index contributed by atoms with van der Waals surface area (Å²) >= 11 is 0. The lowest BCUT2D eigenvalue weighted by Crippen LogP contribution is -2.30. The zero-order valence-corrected chi connectivity index (χ0v) is 9.79. The fourth-order valence-corrected chi connectivity index (χ4v) is 1.65. The molecule has 3 nitrogen and oxygen atoms in total. The molecule has 0 aliphatic carbocycles. The maximum absolute atomic E-state index is 9.68. The average molecular weight is 209 g/mol. The summed E-state index contributed by atoms with van der Waals surface area (Å²) in [7, 11) is 3.47. The number of ether oxygens (including phenoxy) is 1. The van der Waals surface area contributed by atoms with Crippen molar-refractivity contribution in [2.75, 3.05) is 20.7 Å². The maximum Gasteiger partial charge on any atom is 0.160 e. The van der Waals surface area contributed by atoms with E-state index in [0.717, 1.165) is 12.1 Å². The van der Waals surface area contributed by atoms with Crippen LogP contribution < -0.4 is 10.1 Å². The Kier molecular flexibility index (Phi) is 3.58. The van der Waals surface area contributed by atoms with Gasteiger partial charge in [-0.1, -0.05) is 19.9 Å². The van der Waals surface area contributed by atoms with Gasteiger partial charge in [-0.2, -0.15) is 0 Å². The summed E-state index contributed by atoms with van der Waals surface area (Å²) in [5.74, 6) is 0.707. The van der Waals surface area contributed by atoms with Crippen LogP contribution in [0.2, 0.25) is 0 Å². The normalized spacial score (nSPS) is 11.5. The van der Waals surface area contributed by atoms with E-state index in [2.05, 4.69) is 19.2 Å². The van der Waals surface area contributed by atoms with Gasteiger partial charge in [0.25, 0.3) is 0 Å². The smallest absolute Gasteiger partial charge is 0.160 e. The van der Waals surface area contributed by atoms with E-state index in [1.807, 2.05) is 13.1 Å². The van der Waals surface area contributed by atoms with Crippen LogP contribution in [0, 0.1) is 0 Å². The molecule has 0 aromatic heterocycles. The Labute approximate surface area is 91.1 Å². The van der Waals surface area contributed by atoms with Crippen molar-refractivity contribution in [2.24, 2.45) is 0 Å². The summed E-state index contributed by atoms with van der Waals surface area (Å²) in [5.41, 5.74) is 1.09. The molecule has 1 aromatic rings. The number of phenolic OH excluding ortho intramolecular Hbond substituents is 1. The Hall–Kier alpha value is -1.22. The third-order valence-corrected chi connectivity index (χ3v) is 2.58. The van der Waals surface area contributed by atoms with E-state index in [1.54, 1.807) is 19.2 Å². The highest BCUT2D eigenvalue weighted by molar-refractivity contribution is 5.43. The van der Waals surface area contributed by atoms with Crippen molar-refractivity contribution in [2.45, 2.75) is 19.3 Å². The molecule has 0 heterocycles. The van der Waals surface area contributed by atoms with Gasteiger partial charge < -0.3 is 15.2 Å². The highest BCUT2D eigenvalue weighted by Crippen LogP contribution is 2.31. The van der Waals surface area contributed by atoms with E-state index in [4.69, 9.17) is 4.74 Å². The Morgan fingerprint density at radius 3 is 2.53 bits per heavy atom. The van der Waals surface area contributed by atoms with Gasteiger partial charge >= 0.3 is 0 Å². The molecule has 2 N–H and O–H groups in total. The first-order valence-electron chi connectivity index (χ1n) is 5.03. The number of rotatable bonds is 4. The van der Waals surface area contributed by atoms with Gasteiger partial charge in [0.05, 0.1) is 7.11 Å². The van der Waals surface area contributed by atoms with Crippen LogP contribution in [0.4, 0.5) is 0 Å². The molecule has 1 rings (SSSR count). The molecular formula is C12H19NO2. The largest absolute Gasteiger partial charge is 0.504 e. The van der Waals surface area contributed by atoms with Crippen LogP contribution in [-0.2, 0) is 5.41 Å². The number of benzene rings is 1. The lowest BCUT2D eigenvalue weighted by molar-refractivity contribution is 0.371. The van der Waals surface area contributed by atoms with E-state index in [0.29, 0.717) is 5.75 Å². The molecule has 0 atom stereocenters. The van der Waals surface area contributed by atoms with Gasteiger partial charge in [-0.25, -0.2) is 0 Å². The average Bonchev–Trinajstić information content (AvgIpc) is 2.17. The molecule has 0 saturated heterocycles. The second-order valence-electron chi connectivity index (χ2n) is 4.30. The maximum atomic E-state index is 9.68. The zero-order chi connectivity index (χ0) is 11.5. The van der Waals surface area contributed by atoms with Gasteiger partial charge in [0.2, 0.25) is 0 Å². The van der Waals surface area contributed by atoms with Crippen LogP contribution in [0.5, 0.6) is 11.5 Å². The van der Waals surface area contributed by atoms with E-state index in [-0.39, 0.29) is 11.2 Å². The first-order chi connectivity index (χ1) is 7.01. The molecule has 0 fully saturated rings. The second-order valence-corrected chi connectivity index (χ2v) is 4.30. The minimum atomic E-state index is -0.00149. The van der Waals surface area contributed by atoms with E-state index >= 15 is 0 Å². The summed E-state index contributed by atoms with van der Waals surface area (Å²) in [5, 5.41) is 12.8. The Bertz CT molecular complexity index is 334. The van der Waals surface area contributed by atoms with Crippen molar-refractivity contribution >= 4 is 0 Å². The van der Waals surface area contributed by atoms with E-state index < -0.39 is 0 Å². The highest BCUT2D eigenvalue weighted by Gasteiger charge is 2.20. The number of likely N-dealkylation sites (N-methyl/N-ethyl adjacent to an activating group) is 1. The zero-order valence-electron chi connectivity index (χ0n) is 9.79. The van der Waals surface area contributed by atoms with Crippen LogP contribution in [0.3, 0.4) is 0 Å². The van der Waals surface area contributed by atoms with Crippen molar-refractivity contribution in [1.29, 1.82) is 0 Å². The van der Waals surface area contributed by atoms with Crippen LogP contribution in [0.25, 0.3) is 0 Å². The molecule has 3 heteroatoms. The van der Waals surface area contributed by atoms with Crippen molar-refractivity contribution < 1.29 is 9.84 Å². The summed E-state index contributed by atoms with van der Waals surface area (Å²) in [4.78, 5) is 0. The third-order valence-electron chi connectivity index (χ3n) is 2.58. The highest BCUT2D eigenvalue weighted by atomic mass is 16.5. The Morgan fingerprint density at radius 2 is 2.07 bits per heavy atom. The SMILES string of the molecule is CNCC(C)(C)c1ccc(OC)c(O)c1. The van der Waals surface area contributed by atoms with Gasteiger partial charge in [0.15, 0.2) is 11.5 Å². The molecule has 0 saturated carbocycles.